The topological polar surface area (TPSA) is 110 Å². The van der Waals surface area contributed by atoms with Crippen LogP contribution in [0, 0.1) is 0 Å². The first kappa shape index (κ1) is 25.0. The number of ether oxygens (including phenoxy) is 1. The molecule has 2 aromatic carbocycles. The van der Waals surface area contributed by atoms with Crippen molar-refractivity contribution >= 4 is 27.9 Å². The maximum Gasteiger partial charge on any atom is 0.328 e. The normalized spacial score (nSPS) is 12.2. The molecule has 0 unspecified atom stereocenters. The second kappa shape index (κ2) is 9.34. The van der Waals surface area contributed by atoms with Gasteiger partial charge in [-0.1, -0.05) is 45.1 Å². The number of aromatic amines is 1. The van der Waals surface area contributed by atoms with Crippen LogP contribution in [0.5, 0.6) is 5.75 Å². The molecular formula is C25H29N3O5S. The minimum atomic E-state index is -3.35. The van der Waals surface area contributed by atoms with Crippen molar-refractivity contribution < 1.29 is 13.2 Å². The number of hydrogen-bond acceptors (Lipinski definition) is 5. The van der Waals surface area contributed by atoms with Crippen molar-refractivity contribution in [1.82, 2.24) is 9.55 Å². The molecule has 0 saturated heterocycles. The summed E-state index contributed by atoms with van der Waals surface area (Å²) in [4.78, 5) is 26.7. The molecule has 0 saturated carbocycles. The van der Waals surface area contributed by atoms with E-state index in [4.69, 9.17) is 4.74 Å². The zero-order chi connectivity index (χ0) is 25.3. The van der Waals surface area contributed by atoms with Crippen LogP contribution in [0.1, 0.15) is 37.5 Å². The Morgan fingerprint density at radius 3 is 2.26 bits per heavy atom. The summed E-state index contributed by atoms with van der Waals surface area (Å²) in [5, 5.41) is 0. The zero-order valence-corrected chi connectivity index (χ0v) is 20.9. The highest BCUT2D eigenvalue weighted by atomic mass is 32.2. The van der Waals surface area contributed by atoms with Gasteiger partial charge in [0.15, 0.2) is 0 Å². The highest BCUT2D eigenvalue weighted by Crippen LogP contribution is 2.38. The van der Waals surface area contributed by atoms with Gasteiger partial charge in [-0.05, 0) is 40.8 Å². The van der Waals surface area contributed by atoms with Gasteiger partial charge in [-0.25, -0.2) is 13.2 Å². The molecule has 9 heteroatoms. The number of hydrogen-bond donors (Lipinski definition) is 2. The quantitative estimate of drug-likeness (QED) is 0.521. The average Bonchev–Trinajstić information content (AvgIpc) is 2.73. The van der Waals surface area contributed by atoms with E-state index < -0.39 is 21.3 Å². The van der Waals surface area contributed by atoms with Gasteiger partial charge in [-0.15, -0.1) is 0 Å². The van der Waals surface area contributed by atoms with Gasteiger partial charge in [0.2, 0.25) is 10.0 Å². The highest BCUT2D eigenvalue weighted by Gasteiger charge is 2.23. The number of nitrogens with one attached hydrogen (secondary N) is 2. The lowest BCUT2D eigenvalue weighted by Gasteiger charge is -2.24. The summed E-state index contributed by atoms with van der Waals surface area (Å²) in [5.74, 6) is 0.684. The molecule has 0 aliphatic heterocycles. The molecule has 2 N–H and O–H groups in total. The van der Waals surface area contributed by atoms with E-state index in [0.29, 0.717) is 22.6 Å². The molecule has 0 amide bonds. The number of sulfonamides is 1. The SMILES string of the molecule is COc1c(/C=C/c2ccc(NS(C)(=O)=O)cc2)cc(-c2cn(C)c(=O)[nH]c2=O)cc1C(C)(C)C. The third kappa shape index (κ3) is 5.85. The molecule has 0 fully saturated rings. The Balaban J connectivity index is 2.13. The summed E-state index contributed by atoms with van der Waals surface area (Å²) in [7, 11) is -0.162. The van der Waals surface area contributed by atoms with E-state index in [1.54, 1.807) is 38.4 Å². The van der Waals surface area contributed by atoms with Crippen molar-refractivity contribution in [3.63, 3.8) is 0 Å². The molecule has 3 rings (SSSR count). The predicted octanol–water partition coefficient (Wildman–Crippen LogP) is 3.59. The number of H-pyrrole nitrogens is 1. The largest absolute Gasteiger partial charge is 0.496 e. The lowest BCUT2D eigenvalue weighted by Crippen LogP contribution is -2.28. The number of rotatable bonds is 6. The van der Waals surface area contributed by atoms with Crippen LogP contribution in [0.15, 0.2) is 52.2 Å². The molecule has 1 aromatic heterocycles. The lowest BCUT2D eigenvalue weighted by molar-refractivity contribution is 0.397. The molecule has 1 heterocycles. The van der Waals surface area contributed by atoms with Crippen LogP contribution in [0.4, 0.5) is 5.69 Å². The van der Waals surface area contributed by atoms with E-state index in [1.165, 1.54) is 10.8 Å². The van der Waals surface area contributed by atoms with Crippen molar-refractivity contribution in [2.45, 2.75) is 26.2 Å². The van der Waals surface area contributed by atoms with Crippen LogP contribution >= 0.6 is 0 Å². The summed E-state index contributed by atoms with van der Waals surface area (Å²) in [6.07, 6.45) is 6.38. The molecule has 0 radical (unpaired) electrons. The second-order valence-electron chi connectivity index (χ2n) is 9.14. The third-order valence-corrected chi connectivity index (χ3v) is 5.82. The van der Waals surface area contributed by atoms with Crippen LogP contribution in [-0.2, 0) is 22.5 Å². The Hall–Kier alpha value is -3.59. The molecule has 0 aliphatic rings. The van der Waals surface area contributed by atoms with Crippen LogP contribution in [-0.4, -0.2) is 31.3 Å². The molecule has 34 heavy (non-hydrogen) atoms. The molecule has 0 aliphatic carbocycles. The standard InChI is InChI=1S/C25H29N3O5S/c1-25(2,3)21-14-18(20-15-28(4)24(30)26-23(20)29)13-17(22(21)33-5)10-7-16-8-11-19(12-9-16)27-34(6,31)32/h7-15,27H,1-6H3,(H,26,29,30)/b10-7+. The lowest BCUT2D eigenvalue weighted by atomic mass is 9.83. The van der Waals surface area contributed by atoms with Crippen LogP contribution in [0.3, 0.4) is 0 Å². The van der Waals surface area contributed by atoms with Crippen molar-refractivity contribution in [1.29, 1.82) is 0 Å². The minimum absolute atomic E-state index is 0.281. The number of aromatic nitrogens is 2. The van der Waals surface area contributed by atoms with E-state index in [9.17, 15) is 18.0 Å². The van der Waals surface area contributed by atoms with Crippen LogP contribution in [0.2, 0.25) is 0 Å². The van der Waals surface area contributed by atoms with E-state index >= 15 is 0 Å². The van der Waals surface area contributed by atoms with Gasteiger partial charge in [0.25, 0.3) is 5.56 Å². The summed E-state index contributed by atoms with van der Waals surface area (Å²) in [6, 6.07) is 10.7. The van der Waals surface area contributed by atoms with Crippen molar-refractivity contribution in [2.24, 2.45) is 7.05 Å². The first-order valence-corrected chi connectivity index (χ1v) is 12.5. The summed E-state index contributed by atoms with van der Waals surface area (Å²) < 4.78 is 32.3. The fraction of sp³-hybridized carbons (Fsp3) is 0.280. The van der Waals surface area contributed by atoms with Gasteiger partial charge in [-0.2, -0.15) is 0 Å². The summed E-state index contributed by atoms with van der Waals surface area (Å²) in [6.45, 7) is 6.17. The van der Waals surface area contributed by atoms with Crippen molar-refractivity contribution in [3.05, 3.63) is 80.1 Å². The smallest absolute Gasteiger partial charge is 0.328 e. The number of methoxy groups -OCH3 is 1. The Kier molecular flexibility index (Phi) is 6.88. The fourth-order valence-corrected chi connectivity index (χ4v) is 4.11. The molecule has 3 aromatic rings. The molecular weight excluding hydrogens is 454 g/mol. The van der Waals surface area contributed by atoms with Crippen molar-refractivity contribution in [3.8, 4) is 16.9 Å². The van der Waals surface area contributed by atoms with Crippen molar-refractivity contribution in [2.75, 3.05) is 18.1 Å². The van der Waals surface area contributed by atoms with Gasteiger partial charge in [0.1, 0.15) is 5.75 Å². The minimum Gasteiger partial charge on any atom is -0.496 e. The van der Waals surface area contributed by atoms with Gasteiger partial charge in [0, 0.05) is 30.1 Å². The maximum absolute atomic E-state index is 12.6. The van der Waals surface area contributed by atoms with Gasteiger partial charge >= 0.3 is 5.69 Å². The Morgan fingerprint density at radius 2 is 1.71 bits per heavy atom. The summed E-state index contributed by atoms with van der Waals surface area (Å²) >= 11 is 0. The second-order valence-corrected chi connectivity index (χ2v) is 10.9. The first-order chi connectivity index (χ1) is 15.8. The number of anilines is 1. The van der Waals surface area contributed by atoms with E-state index in [1.807, 2.05) is 24.3 Å². The fourth-order valence-electron chi connectivity index (χ4n) is 3.55. The highest BCUT2D eigenvalue weighted by molar-refractivity contribution is 7.92. The van der Waals surface area contributed by atoms with Gasteiger partial charge in [-0.3, -0.25) is 14.5 Å². The number of aryl methyl sites for hydroxylation is 1. The van der Waals surface area contributed by atoms with Gasteiger partial charge in [0.05, 0.1) is 18.9 Å². The predicted molar refractivity (Wildman–Crippen MR) is 137 cm³/mol. The molecule has 180 valence electrons. The summed E-state index contributed by atoms with van der Waals surface area (Å²) in [5.41, 5.74) is 2.81. The van der Waals surface area contributed by atoms with E-state index in [-0.39, 0.29) is 5.41 Å². The first-order valence-electron chi connectivity index (χ1n) is 10.6. The number of nitrogens with zero attached hydrogens (tertiary/aromatic N) is 1. The molecule has 0 atom stereocenters. The number of benzene rings is 2. The Labute approximate surface area is 199 Å². The maximum atomic E-state index is 12.6. The molecule has 0 spiro atoms. The monoisotopic (exact) mass is 483 g/mol. The molecule has 0 bridgehead atoms. The molecule has 8 nitrogen and oxygen atoms in total. The zero-order valence-electron chi connectivity index (χ0n) is 20.1. The van der Waals surface area contributed by atoms with Crippen LogP contribution < -0.4 is 20.7 Å². The Morgan fingerprint density at radius 1 is 1.06 bits per heavy atom. The van der Waals surface area contributed by atoms with E-state index in [0.717, 1.165) is 22.9 Å². The third-order valence-electron chi connectivity index (χ3n) is 5.22. The Bertz CT molecular complexity index is 1460. The van der Waals surface area contributed by atoms with Crippen LogP contribution in [0.25, 0.3) is 23.3 Å². The van der Waals surface area contributed by atoms with E-state index in [2.05, 4.69) is 30.5 Å². The van der Waals surface area contributed by atoms with Gasteiger partial charge < -0.3 is 9.30 Å². The average molecular weight is 484 g/mol.